The second kappa shape index (κ2) is 6.81. The number of hydrogen-bond acceptors (Lipinski definition) is 4. The average Bonchev–Trinajstić information content (AvgIpc) is 2.32. The minimum Gasteiger partial charge on any atom is -0.384 e. The van der Waals surface area contributed by atoms with E-state index in [9.17, 15) is 0 Å². The molecule has 1 aromatic rings. The zero-order valence-electron chi connectivity index (χ0n) is 9.52. The Labute approximate surface area is 96.1 Å². The summed E-state index contributed by atoms with van der Waals surface area (Å²) in [6.07, 6.45) is 4.09. The first-order valence-electron chi connectivity index (χ1n) is 5.38. The number of rotatable bonds is 1. The summed E-state index contributed by atoms with van der Waals surface area (Å²) in [7, 11) is 0. The lowest BCUT2D eigenvalue weighted by atomic mass is 9.93. The van der Waals surface area contributed by atoms with Gasteiger partial charge in [0, 0.05) is 26.3 Å². The Balaban J connectivity index is 0.000000386. The minimum absolute atomic E-state index is 0.593. The number of ether oxygens (including phenoxy) is 1. The number of anilines is 1. The van der Waals surface area contributed by atoms with Crippen molar-refractivity contribution in [1.82, 2.24) is 4.98 Å². The molecule has 4 nitrogen and oxygen atoms in total. The summed E-state index contributed by atoms with van der Waals surface area (Å²) in [5.74, 6) is 1.21. The highest BCUT2D eigenvalue weighted by Gasteiger charge is 2.15. The monoisotopic (exact) mass is 219 g/mol. The first-order valence-corrected chi connectivity index (χ1v) is 5.38. The van der Waals surface area contributed by atoms with Crippen molar-refractivity contribution in [2.24, 2.45) is 0 Å². The third-order valence-corrected chi connectivity index (χ3v) is 2.50. The molecular weight excluding hydrogens is 202 g/mol. The Morgan fingerprint density at radius 2 is 2.06 bits per heavy atom. The van der Waals surface area contributed by atoms with Crippen LogP contribution in [-0.2, 0) is 4.74 Å². The number of pyridine rings is 1. The Kier molecular flexibility index (Phi) is 5.30. The van der Waals surface area contributed by atoms with Crippen LogP contribution in [0, 0.1) is 11.3 Å². The maximum Gasteiger partial charge on any atom is 0.123 e. The van der Waals surface area contributed by atoms with Gasteiger partial charge in [0.2, 0.25) is 0 Å². The van der Waals surface area contributed by atoms with Gasteiger partial charge in [0.05, 0.1) is 6.07 Å². The van der Waals surface area contributed by atoms with Crippen molar-refractivity contribution in [1.29, 1.82) is 5.26 Å². The van der Waals surface area contributed by atoms with E-state index in [2.05, 4.69) is 11.1 Å². The van der Waals surface area contributed by atoms with Crippen molar-refractivity contribution in [2.75, 3.05) is 18.9 Å². The predicted molar refractivity (Wildman–Crippen MR) is 62.7 cm³/mol. The molecule has 1 aliphatic rings. The summed E-state index contributed by atoms with van der Waals surface area (Å²) in [5.41, 5.74) is 6.81. The molecule has 1 saturated heterocycles. The van der Waals surface area contributed by atoms with Crippen LogP contribution in [0.2, 0.25) is 0 Å². The van der Waals surface area contributed by atoms with Gasteiger partial charge in [0.15, 0.2) is 0 Å². The fourth-order valence-corrected chi connectivity index (χ4v) is 1.69. The molecule has 0 radical (unpaired) electrons. The number of hydrogen-bond donors (Lipinski definition) is 1. The van der Waals surface area contributed by atoms with Crippen LogP contribution in [0.15, 0.2) is 18.3 Å². The molecule has 0 aliphatic carbocycles. The van der Waals surface area contributed by atoms with Crippen LogP contribution in [0.5, 0.6) is 0 Å². The summed E-state index contributed by atoms with van der Waals surface area (Å²) < 4.78 is 5.30. The van der Waals surface area contributed by atoms with Crippen molar-refractivity contribution >= 4 is 5.82 Å². The molecule has 0 unspecified atom stereocenters. The molecule has 4 heteroatoms. The first-order chi connectivity index (χ1) is 7.77. The van der Waals surface area contributed by atoms with Crippen molar-refractivity contribution < 1.29 is 4.74 Å². The lowest BCUT2D eigenvalue weighted by Gasteiger charge is -2.21. The van der Waals surface area contributed by atoms with Gasteiger partial charge in [-0.3, -0.25) is 0 Å². The molecule has 2 rings (SSSR count). The molecule has 0 saturated carbocycles. The molecule has 0 aromatic carbocycles. The number of nitrogen functional groups attached to an aromatic ring is 1. The van der Waals surface area contributed by atoms with Crippen LogP contribution in [0.3, 0.4) is 0 Å². The van der Waals surface area contributed by atoms with Gasteiger partial charge in [-0.05, 0) is 30.4 Å². The Hall–Kier alpha value is -1.60. The van der Waals surface area contributed by atoms with Crippen LogP contribution >= 0.6 is 0 Å². The van der Waals surface area contributed by atoms with E-state index in [1.807, 2.05) is 12.3 Å². The maximum absolute atomic E-state index is 7.32. The number of aromatic nitrogens is 1. The van der Waals surface area contributed by atoms with Crippen LogP contribution in [0.1, 0.15) is 31.2 Å². The molecule has 1 aromatic heterocycles. The molecule has 86 valence electrons. The van der Waals surface area contributed by atoms with Gasteiger partial charge in [-0.1, -0.05) is 6.07 Å². The van der Waals surface area contributed by atoms with E-state index < -0.39 is 0 Å². The third kappa shape index (κ3) is 3.87. The fraction of sp³-hybridized carbons (Fsp3) is 0.500. The van der Waals surface area contributed by atoms with E-state index >= 15 is 0 Å². The van der Waals surface area contributed by atoms with Gasteiger partial charge in [-0.25, -0.2) is 4.98 Å². The van der Waals surface area contributed by atoms with Crippen molar-refractivity contribution in [2.45, 2.75) is 25.7 Å². The smallest absolute Gasteiger partial charge is 0.123 e. The molecule has 0 bridgehead atoms. The van der Waals surface area contributed by atoms with Crippen molar-refractivity contribution in [3.05, 3.63) is 23.9 Å². The molecule has 2 N–H and O–H groups in total. The maximum atomic E-state index is 7.32. The molecule has 1 fully saturated rings. The highest BCUT2D eigenvalue weighted by molar-refractivity contribution is 5.30. The summed E-state index contributed by atoms with van der Waals surface area (Å²) in [5, 5.41) is 7.32. The largest absolute Gasteiger partial charge is 0.384 e. The van der Waals surface area contributed by atoms with Gasteiger partial charge in [-0.2, -0.15) is 5.26 Å². The molecule has 0 atom stereocenters. The second-order valence-electron chi connectivity index (χ2n) is 3.63. The Bertz CT molecular complexity index is 336. The highest BCUT2D eigenvalue weighted by atomic mass is 16.5. The predicted octanol–water partition coefficient (Wildman–Crippen LogP) is 2.09. The fourth-order valence-electron chi connectivity index (χ4n) is 1.69. The number of nitrogens with zero attached hydrogens (tertiary/aromatic N) is 2. The topological polar surface area (TPSA) is 71.9 Å². The van der Waals surface area contributed by atoms with E-state index in [-0.39, 0.29) is 0 Å². The van der Waals surface area contributed by atoms with Crippen LogP contribution in [0.25, 0.3) is 0 Å². The number of nitriles is 1. The molecular formula is C12H17N3O. The summed E-state index contributed by atoms with van der Waals surface area (Å²) in [4.78, 5) is 4.09. The van der Waals surface area contributed by atoms with E-state index in [4.69, 9.17) is 15.7 Å². The first kappa shape index (κ1) is 12.5. The van der Waals surface area contributed by atoms with Gasteiger partial charge >= 0.3 is 0 Å². The van der Waals surface area contributed by atoms with Gasteiger partial charge in [-0.15, -0.1) is 0 Å². The SMILES string of the molecule is CC#N.Nc1ccc(C2CCOCC2)cn1. The second-order valence-corrected chi connectivity index (χ2v) is 3.63. The lowest BCUT2D eigenvalue weighted by molar-refractivity contribution is 0.0853. The van der Waals surface area contributed by atoms with Crippen molar-refractivity contribution in [3.63, 3.8) is 0 Å². The van der Waals surface area contributed by atoms with E-state index in [0.717, 1.165) is 26.1 Å². The zero-order valence-corrected chi connectivity index (χ0v) is 9.52. The normalized spacial score (nSPS) is 15.8. The average molecular weight is 219 g/mol. The molecule has 2 heterocycles. The van der Waals surface area contributed by atoms with Crippen LogP contribution in [0.4, 0.5) is 5.82 Å². The van der Waals surface area contributed by atoms with Crippen LogP contribution in [-0.4, -0.2) is 18.2 Å². The Morgan fingerprint density at radius 1 is 1.44 bits per heavy atom. The standard InChI is InChI=1S/C10H14N2O.C2H3N/c11-10-2-1-9(7-12-10)8-3-5-13-6-4-8;1-2-3/h1-2,7-8H,3-6H2,(H2,11,12);1H3. The zero-order chi connectivity index (χ0) is 11.8. The molecule has 1 aliphatic heterocycles. The van der Waals surface area contributed by atoms with Gasteiger partial charge in [0.25, 0.3) is 0 Å². The van der Waals surface area contributed by atoms with Crippen molar-refractivity contribution in [3.8, 4) is 6.07 Å². The van der Waals surface area contributed by atoms with Gasteiger partial charge in [0.1, 0.15) is 5.82 Å². The Morgan fingerprint density at radius 3 is 2.56 bits per heavy atom. The van der Waals surface area contributed by atoms with Gasteiger partial charge < -0.3 is 10.5 Å². The number of nitrogens with two attached hydrogens (primary N) is 1. The molecule has 0 amide bonds. The van der Waals surface area contributed by atoms with E-state index in [1.54, 1.807) is 6.07 Å². The van der Waals surface area contributed by atoms with E-state index in [1.165, 1.54) is 12.5 Å². The quantitative estimate of drug-likeness (QED) is 0.785. The van der Waals surface area contributed by atoms with E-state index in [0.29, 0.717) is 11.7 Å². The molecule has 16 heavy (non-hydrogen) atoms. The summed E-state index contributed by atoms with van der Waals surface area (Å²) in [6.45, 7) is 3.17. The lowest BCUT2D eigenvalue weighted by Crippen LogP contribution is -2.14. The minimum atomic E-state index is 0.593. The summed E-state index contributed by atoms with van der Waals surface area (Å²) in [6, 6.07) is 5.68. The van der Waals surface area contributed by atoms with Crippen LogP contribution < -0.4 is 5.73 Å². The summed E-state index contributed by atoms with van der Waals surface area (Å²) >= 11 is 0. The molecule has 0 spiro atoms. The highest BCUT2D eigenvalue weighted by Crippen LogP contribution is 2.26. The third-order valence-electron chi connectivity index (χ3n) is 2.50.